The molecule has 0 bridgehead atoms. The maximum atomic E-state index is 2.46. The Morgan fingerprint density at radius 2 is 1.69 bits per heavy atom. The SMILES string of the molecule is CCCC(C1CC1CC)C(CC)C1CC1C. The van der Waals surface area contributed by atoms with Gasteiger partial charge in [-0.2, -0.15) is 0 Å². The second kappa shape index (κ2) is 5.10. The molecule has 0 nitrogen and oxygen atoms in total. The van der Waals surface area contributed by atoms with Gasteiger partial charge in [-0.1, -0.05) is 53.4 Å². The third-order valence-electron chi connectivity index (χ3n) is 5.42. The van der Waals surface area contributed by atoms with Crippen molar-refractivity contribution in [3.63, 3.8) is 0 Å². The summed E-state index contributed by atoms with van der Waals surface area (Å²) in [5.41, 5.74) is 0. The zero-order valence-electron chi connectivity index (χ0n) is 11.7. The smallest absolute Gasteiger partial charge is 0.0352 e. The van der Waals surface area contributed by atoms with Crippen LogP contribution in [-0.4, -0.2) is 0 Å². The van der Waals surface area contributed by atoms with Crippen molar-refractivity contribution >= 4 is 0 Å². The topological polar surface area (TPSA) is 0 Å². The lowest BCUT2D eigenvalue weighted by Gasteiger charge is -2.27. The van der Waals surface area contributed by atoms with Gasteiger partial charge >= 0.3 is 0 Å². The predicted molar refractivity (Wildman–Crippen MR) is 71.3 cm³/mol. The molecule has 0 heterocycles. The van der Waals surface area contributed by atoms with Crippen LogP contribution in [0.2, 0.25) is 0 Å². The highest BCUT2D eigenvalue weighted by molar-refractivity contribution is 4.98. The Morgan fingerprint density at radius 3 is 2.06 bits per heavy atom. The molecular formula is C16H30. The summed E-state index contributed by atoms with van der Waals surface area (Å²) >= 11 is 0. The highest BCUT2D eigenvalue weighted by Crippen LogP contribution is 2.57. The standard InChI is InChI=1S/C16H30/c1-5-8-14(16-10-12(16)6-2)13(7-3)15-9-11(15)4/h11-16H,5-10H2,1-4H3. The van der Waals surface area contributed by atoms with E-state index in [1.165, 1.54) is 32.1 Å². The first-order valence-corrected chi connectivity index (χ1v) is 7.72. The first-order valence-electron chi connectivity index (χ1n) is 7.72. The molecule has 0 aliphatic heterocycles. The van der Waals surface area contributed by atoms with E-state index in [0.717, 1.165) is 35.5 Å². The fourth-order valence-electron chi connectivity index (χ4n) is 4.21. The second-order valence-electron chi connectivity index (χ2n) is 6.47. The molecule has 0 spiro atoms. The van der Waals surface area contributed by atoms with Gasteiger partial charge in [0.2, 0.25) is 0 Å². The average Bonchev–Trinajstić information content (AvgIpc) is 3.15. The zero-order chi connectivity index (χ0) is 11.7. The molecule has 2 aliphatic rings. The quantitative estimate of drug-likeness (QED) is 0.560. The molecule has 0 saturated heterocycles. The molecule has 2 rings (SSSR count). The Hall–Kier alpha value is 0. The van der Waals surface area contributed by atoms with Crippen molar-refractivity contribution in [3.05, 3.63) is 0 Å². The van der Waals surface area contributed by atoms with Crippen LogP contribution >= 0.6 is 0 Å². The molecular weight excluding hydrogens is 192 g/mol. The van der Waals surface area contributed by atoms with Gasteiger partial charge in [0.25, 0.3) is 0 Å². The van der Waals surface area contributed by atoms with Crippen molar-refractivity contribution in [1.29, 1.82) is 0 Å². The summed E-state index contributed by atoms with van der Waals surface area (Å²) < 4.78 is 0. The minimum atomic E-state index is 1.04. The number of rotatable bonds is 7. The van der Waals surface area contributed by atoms with E-state index in [2.05, 4.69) is 27.7 Å². The summed E-state index contributed by atoms with van der Waals surface area (Å²) in [4.78, 5) is 0. The van der Waals surface area contributed by atoms with Gasteiger partial charge in [0.1, 0.15) is 0 Å². The van der Waals surface area contributed by atoms with Crippen LogP contribution in [0.3, 0.4) is 0 Å². The molecule has 16 heavy (non-hydrogen) atoms. The van der Waals surface area contributed by atoms with Crippen molar-refractivity contribution in [3.8, 4) is 0 Å². The highest BCUT2D eigenvalue weighted by Gasteiger charge is 2.49. The molecule has 0 aromatic rings. The lowest BCUT2D eigenvalue weighted by atomic mass is 9.78. The van der Waals surface area contributed by atoms with Crippen molar-refractivity contribution in [2.75, 3.05) is 0 Å². The van der Waals surface area contributed by atoms with Crippen LogP contribution in [0.25, 0.3) is 0 Å². The number of hydrogen-bond acceptors (Lipinski definition) is 0. The van der Waals surface area contributed by atoms with E-state index in [1.54, 1.807) is 6.42 Å². The molecule has 0 aromatic heterocycles. The molecule has 2 saturated carbocycles. The lowest BCUT2D eigenvalue weighted by molar-refractivity contribution is 0.221. The summed E-state index contributed by atoms with van der Waals surface area (Å²) in [5.74, 6) is 6.50. The highest BCUT2D eigenvalue weighted by atomic mass is 14.5. The third-order valence-corrected chi connectivity index (χ3v) is 5.42. The monoisotopic (exact) mass is 222 g/mol. The first-order chi connectivity index (χ1) is 7.72. The summed E-state index contributed by atoms with van der Waals surface area (Å²) in [7, 11) is 0. The average molecular weight is 222 g/mol. The molecule has 6 unspecified atom stereocenters. The molecule has 94 valence electrons. The van der Waals surface area contributed by atoms with E-state index < -0.39 is 0 Å². The Morgan fingerprint density at radius 1 is 1.00 bits per heavy atom. The predicted octanol–water partition coefficient (Wildman–Crippen LogP) is 5.13. The minimum absolute atomic E-state index is 1.04. The second-order valence-corrected chi connectivity index (χ2v) is 6.47. The van der Waals surface area contributed by atoms with Crippen molar-refractivity contribution in [2.24, 2.45) is 35.5 Å². The molecule has 0 radical (unpaired) electrons. The van der Waals surface area contributed by atoms with Crippen LogP contribution in [-0.2, 0) is 0 Å². The van der Waals surface area contributed by atoms with Gasteiger partial charge in [0, 0.05) is 0 Å². The lowest BCUT2D eigenvalue weighted by Crippen LogP contribution is -2.20. The van der Waals surface area contributed by atoms with Gasteiger partial charge in [0.15, 0.2) is 0 Å². The maximum Gasteiger partial charge on any atom is -0.0352 e. The first kappa shape index (κ1) is 12.5. The van der Waals surface area contributed by atoms with Crippen molar-refractivity contribution in [2.45, 2.75) is 66.2 Å². The van der Waals surface area contributed by atoms with E-state index in [0.29, 0.717) is 0 Å². The van der Waals surface area contributed by atoms with Gasteiger partial charge in [-0.15, -0.1) is 0 Å². The summed E-state index contributed by atoms with van der Waals surface area (Å²) in [6.07, 6.45) is 8.85. The van der Waals surface area contributed by atoms with E-state index in [9.17, 15) is 0 Å². The van der Waals surface area contributed by atoms with E-state index in [1.807, 2.05) is 0 Å². The largest absolute Gasteiger partial charge is 0.0654 e. The van der Waals surface area contributed by atoms with Crippen LogP contribution in [0.5, 0.6) is 0 Å². The summed E-state index contributed by atoms with van der Waals surface area (Å²) in [5, 5.41) is 0. The molecule has 0 heteroatoms. The molecule has 0 N–H and O–H groups in total. The van der Waals surface area contributed by atoms with E-state index in [4.69, 9.17) is 0 Å². The van der Waals surface area contributed by atoms with Crippen LogP contribution in [0, 0.1) is 35.5 Å². The van der Waals surface area contributed by atoms with Gasteiger partial charge in [-0.3, -0.25) is 0 Å². The third kappa shape index (κ3) is 2.46. The molecule has 0 amide bonds. The van der Waals surface area contributed by atoms with Crippen LogP contribution < -0.4 is 0 Å². The van der Waals surface area contributed by atoms with Crippen LogP contribution in [0.4, 0.5) is 0 Å². The van der Waals surface area contributed by atoms with Crippen LogP contribution in [0.1, 0.15) is 66.2 Å². The van der Waals surface area contributed by atoms with E-state index in [-0.39, 0.29) is 0 Å². The summed E-state index contributed by atoms with van der Waals surface area (Å²) in [6.45, 7) is 9.65. The van der Waals surface area contributed by atoms with E-state index >= 15 is 0 Å². The number of hydrogen-bond donors (Lipinski definition) is 0. The zero-order valence-corrected chi connectivity index (χ0v) is 11.7. The fourth-order valence-corrected chi connectivity index (χ4v) is 4.21. The Bertz CT molecular complexity index is 220. The normalized spacial score (nSPS) is 40.5. The Balaban J connectivity index is 1.94. The fraction of sp³-hybridized carbons (Fsp3) is 1.00. The molecule has 2 fully saturated rings. The van der Waals surface area contributed by atoms with Gasteiger partial charge in [-0.05, 0) is 48.3 Å². The van der Waals surface area contributed by atoms with Crippen LogP contribution in [0.15, 0.2) is 0 Å². The molecule has 2 aliphatic carbocycles. The van der Waals surface area contributed by atoms with Gasteiger partial charge in [0.05, 0.1) is 0 Å². The summed E-state index contributed by atoms with van der Waals surface area (Å²) in [6, 6.07) is 0. The minimum Gasteiger partial charge on any atom is -0.0654 e. The van der Waals surface area contributed by atoms with Crippen molar-refractivity contribution in [1.82, 2.24) is 0 Å². The Labute approximate surface area is 102 Å². The molecule has 0 aromatic carbocycles. The van der Waals surface area contributed by atoms with Crippen molar-refractivity contribution < 1.29 is 0 Å². The Kier molecular flexibility index (Phi) is 3.97. The van der Waals surface area contributed by atoms with Gasteiger partial charge < -0.3 is 0 Å². The van der Waals surface area contributed by atoms with Gasteiger partial charge in [-0.25, -0.2) is 0 Å². The maximum absolute atomic E-state index is 2.46. The molecule has 6 atom stereocenters.